The lowest BCUT2D eigenvalue weighted by molar-refractivity contribution is 1.63. The average Bonchev–Trinajstić information content (AvgIpc) is 2.06. The molecule has 54 valence electrons. The van der Waals surface area contributed by atoms with Crippen LogP contribution in [-0.2, 0) is 0 Å². The second kappa shape index (κ2) is 4.40. The van der Waals surface area contributed by atoms with Crippen LogP contribution < -0.4 is 0 Å². The van der Waals surface area contributed by atoms with Crippen molar-refractivity contribution in [3.8, 4) is 0 Å². The van der Waals surface area contributed by atoms with Crippen LogP contribution in [0.15, 0.2) is 34.8 Å². The van der Waals surface area contributed by atoms with Gasteiger partial charge in [-0.05, 0) is 16.1 Å². The average molecular weight is 207 g/mol. The van der Waals surface area contributed by atoms with Crippen LogP contribution in [0, 0.1) is 0 Å². The Labute approximate surface area is 76.9 Å². The Morgan fingerprint density at radius 3 is 2.55 bits per heavy atom. The number of hydrogen-bond donors (Lipinski definition) is 0. The van der Waals surface area contributed by atoms with E-state index >= 15 is 0 Å². The topological polar surface area (TPSA) is 0 Å². The molecule has 0 nitrogen and oxygen atoms in total. The predicted molar refractivity (Wildman–Crippen MR) is 53.9 cm³/mol. The highest BCUT2D eigenvalue weighted by Gasteiger charge is 1.87. The van der Waals surface area contributed by atoms with Crippen molar-refractivity contribution in [2.45, 2.75) is 6.32 Å². The lowest BCUT2D eigenvalue weighted by Gasteiger charge is -1.93. The first kappa shape index (κ1) is 8.60. The summed E-state index contributed by atoms with van der Waals surface area (Å²) in [5.74, 6) is 0. The van der Waals surface area contributed by atoms with E-state index in [0.717, 1.165) is 4.48 Å². The quantitative estimate of drug-likeness (QED) is 0.653. The minimum atomic E-state index is 0.550. The number of benzene rings is 1. The van der Waals surface area contributed by atoms with Gasteiger partial charge in [-0.3, -0.25) is 0 Å². The molecule has 11 heavy (non-hydrogen) atoms. The van der Waals surface area contributed by atoms with Gasteiger partial charge in [0, 0.05) is 0 Å². The first-order valence-corrected chi connectivity index (χ1v) is 4.23. The molecular weight excluding hydrogens is 199 g/mol. The van der Waals surface area contributed by atoms with E-state index in [9.17, 15) is 0 Å². The van der Waals surface area contributed by atoms with Crippen molar-refractivity contribution in [2.24, 2.45) is 0 Å². The zero-order chi connectivity index (χ0) is 8.10. The summed E-state index contributed by atoms with van der Waals surface area (Å²) >= 11 is 3.35. The van der Waals surface area contributed by atoms with E-state index in [1.165, 1.54) is 5.56 Å². The lowest BCUT2D eigenvalue weighted by Crippen LogP contribution is -1.72. The van der Waals surface area contributed by atoms with Gasteiger partial charge in [-0.25, -0.2) is 0 Å². The molecule has 2 radical (unpaired) electrons. The molecule has 0 aliphatic carbocycles. The predicted octanol–water partition coefficient (Wildman–Crippen LogP) is 3.01. The largest absolute Gasteiger partial charge is 0.0723 e. The first-order chi connectivity index (χ1) is 5.33. The fraction of sp³-hybridized carbons (Fsp3) is 0.111. The molecule has 0 heterocycles. The van der Waals surface area contributed by atoms with Crippen molar-refractivity contribution in [3.63, 3.8) is 0 Å². The lowest BCUT2D eigenvalue weighted by atomic mass is 10.0. The molecule has 0 atom stereocenters. The van der Waals surface area contributed by atoms with Crippen LogP contribution in [0.5, 0.6) is 0 Å². The van der Waals surface area contributed by atoms with Gasteiger partial charge in [-0.2, -0.15) is 0 Å². The van der Waals surface area contributed by atoms with E-state index in [1.54, 1.807) is 0 Å². The fourth-order valence-electron chi connectivity index (χ4n) is 0.789. The highest BCUT2D eigenvalue weighted by molar-refractivity contribution is 9.11. The van der Waals surface area contributed by atoms with Gasteiger partial charge in [-0.15, -0.1) is 0 Å². The zero-order valence-corrected chi connectivity index (χ0v) is 7.71. The summed E-state index contributed by atoms with van der Waals surface area (Å²) in [6.07, 6.45) is 2.56. The summed E-state index contributed by atoms with van der Waals surface area (Å²) in [4.78, 5) is 0. The SMILES string of the molecule is [B]C/C(Br)=C/c1ccccc1. The van der Waals surface area contributed by atoms with Gasteiger partial charge in [-0.1, -0.05) is 52.6 Å². The summed E-state index contributed by atoms with van der Waals surface area (Å²) < 4.78 is 1.02. The van der Waals surface area contributed by atoms with Crippen molar-refractivity contribution in [3.05, 3.63) is 40.4 Å². The minimum Gasteiger partial charge on any atom is -0.0622 e. The molecule has 0 aromatic heterocycles. The molecule has 1 rings (SSSR count). The Morgan fingerprint density at radius 2 is 2.00 bits per heavy atom. The van der Waals surface area contributed by atoms with Crippen molar-refractivity contribution in [1.82, 2.24) is 0 Å². The summed E-state index contributed by atoms with van der Waals surface area (Å²) in [5, 5.41) is 0. The third-order valence-corrected chi connectivity index (χ3v) is 1.87. The van der Waals surface area contributed by atoms with Crippen LogP contribution in [-0.4, -0.2) is 7.85 Å². The Balaban J connectivity index is 2.79. The second-order valence-corrected chi connectivity index (χ2v) is 3.22. The molecule has 0 spiro atoms. The van der Waals surface area contributed by atoms with Crippen LogP contribution in [0.25, 0.3) is 6.08 Å². The molecule has 0 fully saturated rings. The number of rotatable bonds is 2. The Morgan fingerprint density at radius 1 is 1.36 bits per heavy atom. The summed E-state index contributed by atoms with van der Waals surface area (Å²) in [7, 11) is 5.40. The van der Waals surface area contributed by atoms with Gasteiger partial charge in [0.1, 0.15) is 0 Å². The number of hydrogen-bond acceptors (Lipinski definition) is 0. The Bertz CT molecular complexity index is 241. The zero-order valence-electron chi connectivity index (χ0n) is 6.13. The molecule has 0 unspecified atom stereocenters. The molecule has 1 aromatic carbocycles. The van der Waals surface area contributed by atoms with E-state index in [0.29, 0.717) is 6.32 Å². The van der Waals surface area contributed by atoms with E-state index in [2.05, 4.69) is 15.9 Å². The summed E-state index contributed by atoms with van der Waals surface area (Å²) in [5.41, 5.74) is 1.17. The van der Waals surface area contributed by atoms with Crippen molar-refractivity contribution in [1.29, 1.82) is 0 Å². The van der Waals surface area contributed by atoms with Gasteiger partial charge in [0.15, 0.2) is 0 Å². The van der Waals surface area contributed by atoms with Gasteiger partial charge in [0.2, 0.25) is 0 Å². The van der Waals surface area contributed by atoms with Crippen LogP contribution in [0.1, 0.15) is 5.56 Å². The van der Waals surface area contributed by atoms with Crippen LogP contribution in [0.4, 0.5) is 0 Å². The maximum absolute atomic E-state index is 5.40. The monoisotopic (exact) mass is 206 g/mol. The fourth-order valence-corrected chi connectivity index (χ4v) is 1.05. The molecule has 0 saturated heterocycles. The van der Waals surface area contributed by atoms with Gasteiger partial charge in [0.05, 0.1) is 7.85 Å². The molecule has 2 heteroatoms. The maximum Gasteiger partial charge on any atom is 0.0723 e. The smallest absolute Gasteiger partial charge is 0.0622 e. The summed E-state index contributed by atoms with van der Waals surface area (Å²) in [6, 6.07) is 10.1. The molecule has 0 amide bonds. The molecule has 0 aliphatic rings. The van der Waals surface area contributed by atoms with Crippen molar-refractivity contribution < 1.29 is 0 Å². The van der Waals surface area contributed by atoms with E-state index in [-0.39, 0.29) is 0 Å². The minimum absolute atomic E-state index is 0.550. The van der Waals surface area contributed by atoms with E-state index in [4.69, 9.17) is 7.85 Å². The van der Waals surface area contributed by atoms with Crippen LogP contribution >= 0.6 is 15.9 Å². The molecule has 0 bridgehead atoms. The molecular formula is C9H8BBr. The van der Waals surface area contributed by atoms with Crippen molar-refractivity contribution >= 4 is 29.9 Å². The molecule has 0 aliphatic heterocycles. The number of halogens is 1. The van der Waals surface area contributed by atoms with Gasteiger partial charge in [0.25, 0.3) is 0 Å². The van der Waals surface area contributed by atoms with Gasteiger partial charge < -0.3 is 0 Å². The second-order valence-electron chi connectivity index (χ2n) is 2.21. The number of allylic oxidation sites excluding steroid dienone is 1. The molecule has 0 saturated carbocycles. The molecule has 1 aromatic rings. The highest BCUT2D eigenvalue weighted by Crippen LogP contribution is 2.13. The van der Waals surface area contributed by atoms with Crippen molar-refractivity contribution in [2.75, 3.05) is 0 Å². The Kier molecular flexibility index (Phi) is 3.44. The maximum atomic E-state index is 5.40. The normalized spacial score (nSPS) is 11.5. The third-order valence-electron chi connectivity index (χ3n) is 1.32. The first-order valence-electron chi connectivity index (χ1n) is 3.44. The third kappa shape index (κ3) is 2.94. The van der Waals surface area contributed by atoms with Gasteiger partial charge >= 0.3 is 0 Å². The Hall–Kier alpha value is -0.495. The molecule has 0 N–H and O–H groups in total. The van der Waals surface area contributed by atoms with E-state index < -0.39 is 0 Å². The van der Waals surface area contributed by atoms with E-state index in [1.807, 2.05) is 36.4 Å². The highest BCUT2D eigenvalue weighted by atomic mass is 79.9. The summed E-state index contributed by atoms with van der Waals surface area (Å²) in [6.45, 7) is 0. The standard InChI is InChI=1S/C9H8BBr/c10-7-9(11)6-8-4-2-1-3-5-8/h1-6H,7H2/b9-6-. The van der Waals surface area contributed by atoms with Crippen LogP contribution in [0.3, 0.4) is 0 Å². The van der Waals surface area contributed by atoms with Crippen LogP contribution in [0.2, 0.25) is 6.32 Å².